The second-order valence-electron chi connectivity index (χ2n) is 8.53. The quantitative estimate of drug-likeness (QED) is 0.701. The van der Waals surface area contributed by atoms with E-state index < -0.39 is 0 Å². The lowest BCUT2D eigenvalue weighted by Gasteiger charge is -2.31. The summed E-state index contributed by atoms with van der Waals surface area (Å²) in [6.07, 6.45) is 10.3. The van der Waals surface area contributed by atoms with Crippen molar-refractivity contribution >= 4 is 17.7 Å². The van der Waals surface area contributed by atoms with Crippen LogP contribution in [0.15, 0.2) is 48.9 Å². The van der Waals surface area contributed by atoms with E-state index in [1.165, 1.54) is 11.1 Å². The molecule has 1 unspecified atom stereocenters. The molecule has 1 N–H and O–H groups in total. The van der Waals surface area contributed by atoms with E-state index in [2.05, 4.69) is 49.5 Å². The minimum Gasteiger partial charge on any atom is -0.341 e. The predicted octanol–water partition coefficient (Wildman–Crippen LogP) is 3.76. The Balaban J connectivity index is 1.30. The summed E-state index contributed by atoms with van der Waals surface area (Å²) in [6.45, 7) is 3.59. The SMILES string of the molecule is Cc1cnn(C2CCCc3ccccc32)c1NC(=O)C1CCN(c2ncccn2)CC1. The molecule has 0 spiro atoms. The number of piperidine rings is 1. The third kappa shape index (κ3) is 3.92. The smallest absolute Gasteiger partial charge is 0.228 e. The molecule has 0 radical (unpaired) electrons. The molecule has 1 saturated heterocycles. The van der Waals surface area contributed by atoms with Crippen LogP contribution >= 0.6 is 0 Å². The van der Waals surface area contributed by atoms with Crippen LogP contribution in [0.2, 0.25) is 0 Å². The Hall–Kier alpha value is -3.22. The molecular weight excluding hydrogens is 388 g/mol. The number of carbonyl (C=O) groups excluding carboxylic acids is 1. The Kier molecular flexibility index (Phi) is 5.40. The first-order chi connectivity index (χ1) is 15.2. The number of nitrogens with zero attached hydrogens (tertiary/aromatic N) is 5. The zero-order chi connectivity index (χ0) is 21.2. The van der Waals surface area contributed by atoms with Crippen molar-refractivity contribution in [2.24, 2.45) is 5.92 Å². The van der Waals surface area contributed by atoms with Crippen molar-refractivity contribution < 1.29 is 4.79 Å². The highest BCUT2D eigenvalue weighted by atomic mass is 16.2. The topological polar surface area (TPSA) is 75.9 Å². The van der Waals surface area contributed by atoms with Gasteiger partial charge in [0.1, 0.15) is 5.82 Å². The standard InChI is InChI=1S/C24H28N6O/c1-17-16-27-30(21-9-4-7-18-6-2-3-8-20(18)21)22(17)28-23(31)19-10-14-29(15-11-19)24-25-12-5-13-26-24/h2-3,5-6,8,12-13,16,19,21H,4,7,9-11,14-15H2,1H3,(H,28,31). The van der Waals surface area contributed by atoms with Crippen LogP contribution in [0, 0.1) is 12.8 Å². The van der Waals surface area contributed by atoms with Gasteiger partial charge in [-0.25, -0.2) is 14.6 Å². The monoisotopic (exact) mass is 416 g/mol. The van der Waals surface area contributed by atoms with Crippen LogP contribution in [0.4, 0.5) is 11.8 Å². The minimum absolute atomic E-state index is 0.0126. The number of rotatable bonds is 4. The maximum absolute atomic E-state index is 13.1. The summed E-state index contributed by atoms with van der Waals surface area (Å²) in [7, 11) is 0. The van der Waals surface area contributed by atoms with Crippen molar-refractivity contribution in [1.82, 2.24) is 19.7 Å². The average Bonchev–Trinajstić information content (AvgIpc) is 3.19. The Morgan fingerprint density at radius 3 is 2.65 bits per heavy atom. The molecule has 5 rings (SSSR count). The van der Waals surface area contributed by atoms with Crippen molar-refractivity contribution in [2.75, 3.05) is 23.3 Å². The van der Waals surface area contributed by atoms with E-state index in [0.29, 0.717) is 0 Å². The van der Waals surface area contributed by atoms with Gasteiger partial charge in [-0.2, -0.15) is 5.10 Å². The predicted molar refractivity (Wildman–Crippen MR) is 120 cm³/mol. The number of aromatic nitrogens is 4. The van der Waals surface area contributed by atoms with Crippen LogP contribution in [0.5, 0.6) is 0 Å². The molecule has 160 valence electrons. The lowest BCUT2D eigenvalue weighted by Crippen LogP contribution is -2.39. The molecule has 3 heterocycles. The molecule has 1 atom stereocenters. The van der Waals surface area contributed by atoms with Gasteiger partial charge in [-0.05, 0) is 56.2 Å². The van der Waals surface area contributed by atoms with E-state index in [0.717, 1.165) is 62.5 Å². The highest BCUT2D eigenvalue weighted by Crippen LogP contribution is 2.35. The van der Waals surface area contributed by atoms with Crippen molar-refractivity contribution in [2.45, 2.75) is 45.1 Å². The fourth-order valence-electron chi connectivity index (χ4n) is 4.84. The molecular formula is C24H28N6O. The molecule has 1 fully saturated rings. The van der Waals surface area contributed by atoms with E-state index in [-0.39, 0.29) is 17.9 Å². The Labute approximate surface area is 182 Å². The maximum Gasteiger partial charge on any atom is 0.228 e. The fourth-order valence-corrected chi connectivity index (χ4v) is 4.84. The van der Waals surface area contributed by atoms with Gasteiger partial charge in [0.2, 0.25) is 11.9 Å². The van der Waals surface area contributed by atoms with E-state index >= 15 is 0 Å². The van der Waals surface area contributed by atoms with Gasteiger partial charge in [0, 0.05) is 37.0 Å². The third-order valence-corrected chi connectivity index (χ3v) is 6.55. The number of hydrogen-bond donors (Lipinski definition) is 1. The second-order valence-corrected chi connectivity index (χ2v) is 8.53. The summed E-state index contributed by atoms with van der Waals surface area (Å²) in [5.74, 6) is 1.65. The van der Waals surface area contributed by atoms with Crippen molar-refractivity contribution in [3.63, 3.8) is 0 Å². The summed E-state index contributed by atoms with van der Waals surface area (Å²) < 4.78 is 2.03. The molecule has 2 aliphatic rings. The van der Waals surface area contributed by atoms with E-state index in [4.69, 9.17) is 0 Å². The Morgan fingerprint density at radius 1 is 1.06 bits per heavy atom. The van der Waals surface area contributed by atoms with Crippen molar-refractivity contribution in [1.29, 1.82) is 0 Å². The maximum atomic E-state index is 13.1. The van der Waals surface area contributed by atoms with Crippen LogP contribution < -0.4 is 10.2 Å². The van der Waals surface area contributed by atoms with E-state index in [1.807, 2.05) is 23.9 Å². The van der Waals surface area contributed by atoms with Gasteiger partial charge in [-0.15, -0.1) is 0 Å². The van der Waals surface area contributed by atoms with Gasteiger partial charge in [0.25, 0.3) is 0 Å². The molecule has 2 aromatic heterocycles. The summed E-state index contributed by atoms with van der Waals surface area (Å²) in [4.78, 5) is 23.9. The number of amides is 1. The highest BCUT2D eigenvalue weighted by Gasteiger charge is 2.29. The van der Waals surface area contributed by atoms with Crippen LogP contribution in [-0.4, -0.2) is 38.7 Å². The van der Waals surface area contributed by atoms with Crippen molar-refractivity contribution in [3.8, 4) is 0 Å². The third-order valence-electron chi connectivity index (χ3n) is 6.55. The van der Waals surface area contributed by atoms with Crippen LogP contribution in [-0.2, 0) is 11.2 Å². The lowest BCUT2D eigenvalue weighted by molar-refractivity contribution is -0.120. The second kappa shape index (κ2) is 8.49. The summed E-state index contributed by atoms with van der Waals surface area (Å²) in [5, 5.41) is 7.89. The molecule has 31 heavy (non-hydrogen) atoms. The number of fused-ring (bicyclic) bond motifs is 1. The number of carbonyl (C=O) groups is 1. The summed E-state index contributed by atoms with van der Waals surface area (Å²) in [5.41, 5.74) is 3.72. The molecule has 1 aromatic carbocycles. The number of aryl methyl sites for hydroxylation is 2. The van der Waals surface area contributed by atoms with Gasteiger partial charge < -0.3 is 10.2 Å². The normalized spacial score (nSPS) is 19.1. The van der Waals surface area contributed by atoms with E-state index in [1.54, 1.807) is 12.4 Å². The van der Waals surface area contributed by atoms with Crippen LogP contribution in [0.25, 0.3) is 0 Å². The molecule has 1 aliphatic heterocycles. The average molecular weight is 417 g/mol. The molecule has 1 aliphatic carbocycles. The zero-order valence-corrected chi connectivity index (χ0v) is 17.9. The minimum atomic E-state index is -0.0126. The number of benzene rings is 1. The number of hydrogen-bond acceptors (Lipinski definition) is 5. The van der Waals surface area contributed by atoms with Crippen LogP contribution in [0.1, 0.15) is 48.4 Å². The highest BCUT2D eigenvalue weighted by molar-refractivity contribution is 5.92. The summed E-state index contributed by atoms with van der Waals surface area (Å²) in [6, 6.07) is 10.6. The Morgan fingerprint density at radius 2 is 1.84 bits per heavy atom. The largest absolute Gasteiger partial charge is 0.341 e. The van der Waals surface area contributed by atoms with Crippen LogP contribution in [0.3, 0.4) is 0 Å². The van der Waals surface area contributed by atoms with E-state index in [9.17, 15) is 4.79 Å². The number of nitrogens with one attached hydrogen (secondary N) is 1. The van der Waals surface area contributed by atoms with Gasteiger partial charge >= 0.3 is 0 Å². The molecule has 0 bridgehead atoms. The molecule has 0 saturated carbocycles. The first-order valence-corrected chi connectivity index (χ1v) is 11.2. The first-order valence-electron chi connectivity index (χ1n) is 11.2. The molecule has 7 nitrogen and oxygen atoms in total. The lowest BCUT2D eigenvalue weighted by atomic mass is 9.88. The fraction of sp³-hybridized carbons (Fsp3) is 0.417. The van der Waals surface area contributed by atoms with Crippen molar-refractivity contribution in [3.05, 3.63) is 65.6 Å². The molecule has 1 amide bonds. The zero-order valence-electron chi connectivity index (χ0n) is 17.9. The van der Waals surface area contributed by atoms with Gasteiger partial charge in [-0.3, -0.25) is 4.79 Å². The summed E-state index contributed by atoms with van der Waals surface area (Å²) >= 11 is 0. The van der Waals surface area contributed by atoms with Gasteiger partial charge in [0.05, 0.1) is 12.2 Å². The first kappa shape index (κ1) is 19.7. The molecule has 7 heteroatoms. The van der Waals surface area contributed by atoms with Gasteiger partial charge in [-0.1, -0.05) is 24.3 Å². The Bertz CT molecular complexity index is 1050. The van der Waals surface area contributed by atoms with Gasteiger partial charge in [0.15, 0.2) is 0 Å². The molecule has 3 aromatic rings. The number of anilines is 2.